The Kier molecular flexibility index (Phi) is 5.73. The van der Waals surface area contributed by atoms with Gasteiger partial charge in [-0.15, -0.1) is 11.8 Å². The molecule has 3 aromatic rings. The van der Waals surface area contributed by atoms with E-state index in [1.807, 2.05) is 32.0 Å². The summed E-state index contributed by atoms with van der Waals surface area (Å²) in [5, 5.41) is 6.81. The lowest BCUT2D eigenvalue weighted by atomic mass is 10.2. The van der Waals surface area contributed by atoms with E-state index in [-0.39, 0.29) is 18.3 Å². The van der Waals surface area contributed by atoms with Gasteiger partial charge in [0.15, 0.2) is 0 Å². The summed E-state index contributed by atoms with van der Waals surface area (Å²) in [5.41, 5.74) is 3.23. The first-order valence-corrected chi connectivity index (χ1v) is 9.19. The SMILES string of the molecule is Cc1noc(C)c1CSc1ccccc1C(=O)NCc1cccc(F)c1. The van der Waals surface area contributed by atoms with Crippen LogP contribution in [0, 0.1) is 19.7 Å². The van der Waals surface area contributed by atoms with Crippen LogP contribution in [0.4, 0.5) is 4.39 Å². The van der Waals surface area contributed by atoms with Crippen LogP contribution in [0.1, 0.15) is 32.9 Å². The number of benzene rings is 2. The van der Waals surface area contributed by atoms with Gasteiger partial charge in [0, 0.05) is 22.8 Å². The number of nitrogens with one attached hydrogen (secondary N) is 1. The van der Waals surface area contributed by atoms with Crippen molar-refractivity contribution in [3.8, 4) is 0 Å². The second-order valence-corrected chi connectivity index (χ2v) is 6.92. The van der Waals surface area contributed by atoms with E-state index in [0.717, 1.165) is 27.5 Å². The molecule has 1 N–H and O–H groups in total. The summed E-state index contributed by atoms with van der Waals surface area (Å²) in [4.78, 5) is 13.4. The van der Waals surface area contributed by atoms with Crippen LogP contribution in [0.3, 0.4) is 0 Å². The summed E-state index contributed by atoms with van der Waals surface area (Å²) in [6.07, 6.45) is 0. The molecule has 0 radical (unpaired) electrons. The molecule has 0 saturated carbocycles. The third-order valence-corrected chi connectivity index (χ3v) is 5.13. The van der Waals surface area contributed by atoms with Gasteiger partial charge < -0.3 is 9.84 Å². The maximum absolute atomic E-state index is 13.2. The monoisotopic (exact) mass is 370 g/mol. The van der Waals surface area contributed by atoms with Crippen molar-refractivity contribution in [2.75, 3.05) is 0 Å². The van der Waals surface area contributed by atoms with Crippen LogP contribution >= 0.6 is 11.8 Å². The molecule has 0 unspecified atom stereocenters. The first kappa shape index (κ1) is 18.2. The summed E-state index contributed by atoms with van der Waals surface area (Å²) in [5.74, 6) is 0.973. The number of hydrogen-bond donors (Lipinski definition) is 1. The van der Waals surface area contributed by atoms with Crippen molar-refractivity contribution >= 4 is 17.7 Å². The molecule has 0 fully saturated rings. The Hall–Kier alpha value is -2.60. The predicted octanol–water partition coefficient (Wildman–Crippen LogP) is 4.65. The molecular weight excluding hydrogens is 351 g/mol. The van der Waals surface area contributed by atoms with Crippen molar-refractivity contribution in [1.29, 1.82) is 0 Å². The van der Waals surface area contributed by atoms with Crippen LogP contribution in [0.15, 0.2) is 57.9 Å². The highest BCUT2D eigenvalue weighted by atomic mass is 32.2. The molecule has 0 saturated heterocycles. The van der Waals surface area contributed by atoms with Gasteiger partial charge in [-0.1, -0.05) is 29.4 Å². The van der Waals surface area contributed by atoms with Gasteiger partial charge in [-0.3, -0.25) is 4.79 Å². The maximum Gasteiger partial charge on any atom is 0.252 e. The fraction of sp³-hybridized carbons (Fsp3) is 0.200. The minimum absolute atomic E-state index is 0.184. The Morgan fingerprint density at radius 3 is 2.73 bits per heavy atom. The number of carbonyl (C=O) groups excluding carboxylic acids is 1. The van der Waals surface area contributed by atoms with E-state index in [2.05, 4.69) is 10.5 Å². The highest BCUT2D eigenvalue weighted by Gasteiger charge is 2.14. The maximum atomic E-state index is 13.2. The topological polar surface area (TPSA) is 55.1 Å². The van der Waals surface area contributed by atoms with Crippen LogP contribution in [-0.4, -0.2) is 11.1 Å². The van der Waals surface area contributed by atoms with Crippen molar-refractivity contribution in [2.45, 2.75) is 31.0 Å². The summed E-state index contributed by atoms with van der Waals surface area (Å²) in [6, 6.07) is 13.6. The zero-order chi connectivity index (χ0) is 18.5. The van der Waals surface area contributed by atoms with E-state index in [0.29, 0.717) is 11.3 Å². The van der Waals surface area contributed by atoms with Gasteiger partial charge in [0.2, 0.25) is 0 Å². The predicted molar refractivity (Wildman–Crippen MR) is 99.6 cm³/mol. The minimum Gasteiger partial charge on any atom is -0.361 e. The summed E-state index contributed by atoms with van der Waals surface area (Å²) in [6.45, 7) is 4.07. The molecule has 0 atom stereocenters. The molecular formula is C20H19FN2O2S. The molecule has 6 heteroatoms. The van der Waals surface area contributed by atoms with E-state index < -0.39 is 0 Å². The molecule has 3 rings (SSSR count). The number of thioether (sulfide) groups is 1. The highest BCUT2D eigenvalue weighted by molar-refractivity contribution is 7.98. The Labute approximate surface area is 155 Å². The van der Waals surface area contributed by atoms with Gasteiger partial charge in [-0.2, -0.15) is 0 Å². The zero-order valence-electron chi connectivity index (χ0n) is 14.6. The first-order chi connectivity index (χ1) is 12.5. The van der Waals surface area contributed by atoms with Crippen molar-refractivity contribution in [2.24, 2.45) is 0 Å². The Morgan fingerprint density at radius 1 is 1.19 bits per heavy atom. The van der Waals surface area contributed by atoms with E-state index in [1.165, 1.54) is 12.1 Å². The average molecular weight is 370 g/mol. The fourth-order valence-corrected chi connectivity index (χ4v) is 3.77. The number of hydrogen-bond acceptors (Lipinski definition) is 4. The van der Waals surface area contributed by atoms with Gasteiger partial charge in [0.1, 0.15) is 11.6 Å². The normalized spacial score (nSPS) is 10.7. The summed E-state index contributed by atoms with van der Waals surface area (Å²) >= 11 is 1.56. The minimum atomic E-state index is -0.313. The highest BCUT2D eigenvalue weighted by Crippen LogP contribution is 2.28. The first-order valence-electron chi connectivity index (χ1n) is 8.21. The smallest absolute Gasteiger partial charge is 0.252 e. The Balaban J connectivity index is 1.69. The molecule has 2 aromatic carbocycles. The number of amides is 1. The lowest BCUT2D eigenvalue weighted by molar-refractivity contribution is 0.0948. The van der Waals surface area contributed by atoms with Gasteiger partial charge in [-0.05, 0) is 43.7 Å². The molecule has 26 heavy (non-hydrogen) atoms. The molecule has 4 nitrogen and oxygen atoms in total. The zero-order valence-corrected chi connectivity index (χ0v) is 15.4. The summed E-state index contributed by atoms with van der Waals surface area (Å²) in [7, 11) is 0. The van der Waals surface area contributed by atoms with Crippen molar-refractivity contribution in [3.63, 3.8) is 0 Å². The van der Waals surface area contributed by atoms with Crippen molar-refractivity contribution in [1.82, 2.24) is 10.5 Å². The number of aromatic nitrogens is 1. The Morgan fingerprint density at radius 2 is 2.00 bits per heavy atom. The van der Waals surface area contributed by atoms with Gasteiger partial charge in [-0.25, -0.2) is 4.39 Å². The molecule has 0 aliphatic heterocycles. The number of rotatable bonds is 6. The largest absolute Gasteiger partial charge is 0.361 e. The second-order valence-electron chi connectivity index (χ2n) is 5.90. The third kappa shape index (κ3) is 4.32. The van der Waals surface area contributed by atoms with E-state index in [4.69, 9.17) is 4.52 Å². The average Bonchev–Trinajstić information content (AvgIpc) is 2.96. The molecule has 0 spiro atoms. The molecule has 1 amide bonds. The quantitative estimate of drug-likeness (QED) is 0.642. The number of carbonyl (C=O) groups is 1. The van der Waals surface area contributed by atoms with Gasteiger partial charge in [0.05, 0.1) is 11.3 Å². The standard InChI is InChI=1S/C20H19FN2O2S/c1-13-18(14(2)25-23-13)12-26-19-9-4-3-8-17(19)20(24)22-11-15-6-5-7-16(21)10-15/h3-10H,11-12H2,1-2H3,(H,22,24). The lowest BCUT2D eigenvalue weighted by Crippen LogP contribution is -2.23. The fourth-order valence-electron chi connectivity index (χ4n) is 2.56. The lowest BCUT2D eigenvalue weighted by Gasteiger charge is -2.10. The number of halogens is 1. The van der Waals surface area contributed by atoms with Gasteiger partial charge >= 0.3 is 0 Å². The molecule has 0 bridgehead atoms. The van der Waals surface area contributed by atoms with Crippen LogP contribution in [0.5, 0.6) is 0 Å². The summed E-state index contributed by atoms with van der Waals surface area (Å²) < 4.78 is 18.4. The van der Waals surface area contributed by atoms with E-state index in [1.54, 1.807) is 30.0 Å². The van der Waals surface area contributed by atoms with E-state index >= 15 is 0 Å². The van der Waals surface area contributed by atoms with Crippen LogP contribution in [0.2, 0.25) is 0 Å². The number of nitrogens with zero attached hydrogens (tertiary/aromatic N) is 1. The van der Waals surface area contributed by atoms with E-state index in [9.17, 15) is 9.18 Å². The molecule has 134 valence electrons. The third-order valence-electron chi connectivity index (χ3n) is 4.03. The molecule has 1 heterocycles. The van der Waals surface area contributed by atoms with Crippen LogP contribution in [0.25, 0.3) is 0 Å². The second kappa shape index (κ2) is 8.19. The van der Waals surface area contributed by atoms with Crippen molar-refractivity contribution in [3.05, 3.63) is 82.5 Å². The van der Waals surface area contributed by atoms with Crippen LogP contribution in [-0.2, 0) is 12.3 Å². The Bertz CT molecular complexity index is 904. The number of aryl methyl sites for hydroxylation is 2. The van der Waals surface area contributed by atoms with Gasteiger partial charge in [0.25, 0.3) is 5.91 Å². The van der Waals surface area contributed by atoms with Crippen molar-refractivity contribution < 1.29 is 13.7 Å². The molecule has 0 aliphatic carbocycles. The van der Waals surface area contributed by atoms with Crippen LogP contribution < -0.4 is 5.32 Å². The molecule has 0 aliphatic rings. The molecule has 1 aromatic heterocycles.